The second kappa shape index (κ2) is 16.6. The largest absolute Gasteiger partial charge is 0.454 e. The summed E-state index contributed by atoms with van der Waals surface area (Å²) in [4.78, 5) is 5.52. The fourth-order valence-electron chi connectivity index (χ4n) is 10.2. The average Bonchev–Trinajstić information content (AvgIpc) is 3.98. The molecule has 0 spiro atoms. The maximum atomic E-state index is 7.08. The van der Waals surface area contributed by atoms with Crippen molar-refractivity contribution in [3.8, 4) is 50.2 Å². The number of para-hydroxylation sites is 1. The molecule has 0 radical (unpaired) electrons. The van der Waals surface area contributed by atoms with Crippen LogP contribution in [0.3, 0.4) is 0 Å². The van der Waals surface area contributed by atoms with Gasteiger partial charge < -0.3 is 14.3 Å². The van der Waals surface area contributed by atoms with Crippen LogP contribution in [-0.4, -0.2) is 10.4 Å². The molecule has 0 fully saturated rings. The minimum atomic E-state index is -0.406. The van der Waals surface area contributed by atoms with Crippen LogP contribution in [0, 0.1) is 0 Å². The van der Waals surface area contributed by atoms with E-state index in [2.05, 4.69) is 258 Å². The first-order chi connectivity index (χ1) is 33.7. The van der Waals surface area contributed by atoms with Gasteiger partial charge in [0.1, 0.15) is 23.8 Å². The van der Waals surface area contributed by atoms with Crippen molar-refractivity contribution in [2.75, 3.05) is 0 Å². The molecule has 68 heavy (non-hydrogen) atoms. The van der Waals surface area contributed by atoms with Gasteiger partial charge >= 0.3 is 0 Å². The summed E-state index contributed by atoms with van der Waals surface area (Å²) in [6.07, 6.45) is -0.654. The number of aromatic nitrogens is 1. The van der Waals surface area contributed by atoms with Crippen molar-refractivity contribution in [3.05, 3.63) is 259 Å². The number of rotatable bonds is 8. The third-order valence-corrected chi connectivity index (χ3v) is 13.5. The fourth-order valence-corrected chi connectivity index (χ4v) is 10.2. The zero-order valence-corrected chi connectivity index (χ0v) is 37.1. The van der Waals surface area contributed by atoms with Crippen LogP contribution in [0.4, 0.5) is 0 Å². The number of nitrogens with one attached hydrogen (secondary N) is 2. The normalized spacial score (nSPS) is 14.9. The van der Waals surface area contributed by atoms with Crippen molar-refractivity contribution < 1.29 is 4.42 Å². The molecule has 5 nitrogen and oxygen atoms in total. The molecule has 2 N–H and O–H groups in total. The molecule has 0 bridgehead atoms. The maximum absolute atomic E-state index is 7.08. The van der Waals surface area contributed by atoms with Crippen LogP contribution in [0.1, 0.15) is 29.0 Å². The lowest BCUT2D eigenvalue weighted by atomic mass is 9.98. The van der Waals surface area contributed by atoms with Gasteiger partial charge in [0.2, 0.25) is 0 Å². The highest BCUT2D eigenvalue weighted by molar-refractivity contribution is 6.22. The lowest BCUT2D eigenvalue weighted by Crippen LogP contribution is -2.45. The molecule has 0 amide bonds. The molecular weight excluding hydrogens is 829 g/mol. The molecule has 3 heterocycles. The number of fused-ring (bicyclic) bond motifs is 7. The van der Waals surface area contributed by atoms with Gasteiger partial charge in [0.25, 0.3) is 0 Å². The van der Waals surface area contributed by atoms with Gasteiger partial charge in [0, 0.05) is 38.4 Å². The summed E-state index contributed by atoms with van der Waals surface area (Å²) in [6, 6.07) is 86.4. The summed E-state index contributed by atoms with van der Waals surface area (Å²) in [6.45, 7) is 0. The minimum absolute atomic E-state index is 0.247. The lowest BCUT2D eigenvalue weighted by molar-refractivity contribution is 0.410. The van der Waals surface area contributed by atoms with E-state index in [1.165, 1.54) is 27.6 Å². The summed E-state index contributed by atoms with van der Waals surface area (Å²) in [5.41, 5.74) is 17.5. The van der Waals surface area contributed by atoms with Crippen LogP contribution in [0.25, 0.3) is 93.9 Å². The van der Waals surface area contributed by atoms with Crippen molar-refractivity contribution in [1.29, 1.82) is 0 Å². The van der Waals surface area contributed by atoms with Crippen LogP contribution >= 0.6 is 0 Å². The first-order valence-corrected chi connectivity index (χ1v) is 23.3. The van der Waals surface area contributed by atoms with Crippen molar-refractivity contribution in [2.45, 2.75) is 12.3 Å². The highest BCUT2D eigenvalue weighted by atomic mass is 16.3. The quantitative estimate of drug-likeness (QED) is 0.160. The molecule has 322 valence electrons. The first kappa shape index (κ1) is 39.6. The van der Waals surface area contributed by atoms with Gasteiger partial charge in [-0.05, 0) is 98.6 Å². The molecule has 2 unspecified atom stereocenters. The lowest BCUT2D eigenvalue weighted by Gasteiger charge is -2.32. The fraction of sp³-hybridized carbons (Fsp3) is 0.0317. The number of furan rings is 1. The van der Waals surface area contributed by atoms with E-state index in [1.807, 2.05) is 0 Å². The summed E-state index contributed by atoms with van der Waals surface area (Å²) >= 11 is 0. The van der Waals surface area contributed by atoms with Crippen LogP contribution in [0.15, 0.2) is 252 Å². The SMILES string of the molecule is c1ccc(-c2cccc(C3=NC(c4cccc5oc6c(ccc7c8ccccc8n(-c8ccc(-c9cccc(-c%10ccccc%10)c9)cc8)c76)c45)NC(c4cccc(-c5ccccc5)c4)N3)c2)cc1. The maximum Gasteiger partial charge on any atom is 0.160 e. The van der Waals surface area contributed by atoms with Crippen LogP contribution in [-0.2, 0) is 0 Å². The Labute approximate surface area is 394 Å². The monoisotopic (exact) mass is 872 g/mol. The Kier molecular flexibility index (Phi) is 9.66. The minimum Gasteiger partial charge on any atom is -0.454 e. The third-order valence-electron chi connectivity index (χ3n) is 13.5. The van der Waals surface area contributed by atoms with Gasteiger partial charge in [0.15, 0.2) is 5.58 Å². The number of hydrogen-bond donors (Lipinski definition) is 2. The predicted octanol–water partition coefficient (Wildman–Crippen LogP) is 15.7. The van der Waals surface area contributed by atoms with E-state index in [0.717, 1.165) is 88.8 Å². The van der Waals surface area contributed by atoms with E-state index in [-0.39, 0.29) is 6.17 Å². The molecule has 5 heteroatoms. The second-order valence-electron chi connectivity index (χ2n) is 17.6. The van der Waals surface area contributed by atoms with E-state index in [9.17, 15) is 0 Å². The summed E-state index contributed by atoms with van der Waals surface area (Å²) in [7, 11) is 0. The Bertz CT molecular complexity index is 3850. The smallest absolute Gasteiger partial charge is 0.160 e. The number of aliphatic imine (C=N–C) groups is 1. The van der Waals surface area contributed by atoms with Crippen molar-refractivity contribution in [1.82, 2.24) is 15.2 Å². The molecule has 0 saturated carbocycles. The van der Waals surface area contributed by atoms with Gasteiger partial charge in [0.05, 0.1) is 11.0 Å². The Hall–Kier alpha value is -8.77. The molecule has 0 saturated heterocycles. The molecule has 2 aromatic heterocycles. The van der Waals surface area contributed by atoms with Crippen LogP contribution in [0.5, 0.6) is 0 Å². The molecule has 0 aliphatic carbocycles. The first-order valence-electron chi connectivity index (χ1n) is 23.3. The second-order valence-corrected chi connectivity index (χ2v) is 17.6. The Morgan fingerprint density at radius 2 is 0.941 bits per heavy atom. The third kappa shape index (κ3) is 6.96. The molecule has 12 aromatic rings. The van der Waals surface area contributed by atoms with Gasteiger partial charge in [-0.3, -0.25) is 5.32 Å². The highest BCUT2D eigenvalue weighted by Crippen LogP contribution is 2.43. The summed E-state index contributed by atoms with van der Waals surface area (Å²) in [5, 5.41) is 12.2. The Morgan fingerprint density at radius 1 is 0.412 bits per heavy atom. The molecule has 13 rings (SSSR count). The van der Waals surface area contributed by atoms with Crippen LogP contribution < -0.4 is 10.6 Å². The van der Waals surface area contributed by atoms with Gasteiger partial charge in [-0.25, -0.2) is 4.99 Å². The van der Waals surface area contributed by atoms with Gasteiger partial charge in [-0.15, -0.1) is 0 Å². The van der Waals surface area contributed by atoms with Crippen molar-refractivity contribution in [2.24, 2.45) is 4.99 Å². The molecule has 1 aliphatic heterocycles. The molecule has 2 atom stereocenters. The molecule has 10 aromatic carbocycles. The summed E-state index contributed by atoms with van der Waals surface area (Å²) < 4.78 is 9.45. The van der Waals surface area contributed by atoms with E-state index < -0.39 is 6.17 Å². The number of hydrogen-bond acceptors (Lipinski definition) is 4. The zero-order chi connectivity index (χ0) is 45.0. The zero-order valence-electron chi connectivity index (χ0n) is 37.1. The van der Waals surface area contributed by atoms with E-state index in [4.69, 9.17) is 9.41 Å². The van der Waals surface area contributed by atoms with Crippen molar-refractivity contribution >= 4 is 49.6 Å². The standard InChI is InChI=1S/C63H44N4O/c1-4-16-41(17-5-1)45-22-12-23-46(38-45)44-32-34-51(35-33-44)67-56-30-11-10-28-52(56)53-36-37-54-58-55(29-15-31-57(58)68-60(54)59(53)67)63-65-61(49-26-13-24-47(39-49)42-18-6-2-7-19-42)64-62(66-63)50-27-14-25-48(40-50)43-20-8-3-9-21-43/h1-40,61,63,65H,(H,64,66). The van der Waals surface area contributed by atoms with E-state index in [0.29, 0.717) is 0 Å². The Balaban J connectivity index is 0.950. The Morgan fingerprint density at radius 3 is 1.62 bits per heavy atom. The predicted molar refractivity (Wildman–Crippen MR) is 281 cm³/mol. The molecule has 1 aliphatic rings. The van der Waals surface area contributed by atoms with Gasteiger partial charge in [-0.2, -0.15) is 0 Å². The topological polar surface area (TPSA) is 54.5 Å². The average molecular weight is 873 g/mol. The van der Waals surface area contributed by atoms with Gasteiger partial charge in [-0.1, -0.05) is 194 Å². The molecular formula is C63H44N4O. The number of benzene rings is 10. The summed E-state index contributed by atoms with van der Waals surface area (Å²) in [5.74, 6) is 0.823. The van der Waals surface area contributed by atoms with Crippen LogP contribution in [0.2, 0.25) is 0 Å². The van der Waals surface area contributed by atoms with E-state index >= 15 is 0 Å². The number of amidine groups is 1. The number of nitrogens with zero attached hydrogens (tertiary/aromatic N) is 2. The van der Waals surface area contributed by atoms with E-state index in [1.54, 1.807) is 0 Å². The highest BCUT2D eigenvalue weighted by Gasteiger charge is 2.29. The van der Waals surface area contributed by atoms with Crippen molar-refractivity contribution in [3.63, 3.8) is 0 Å².